The molecule has 1 fully saturated rings. The van der Waals surface area contributed by atoms with Crippen molar-refractivity contribution in [2.45, 2.75) is 38.6 Å². The topological polar surface area (TPSA) is 80.5 Å². The van der Waals surface area contributed by atoms with Crippen LogP contribution in [0.1, 0.15) is 31.1 Å². The average molecular weight is 360 g/mol. The van der Waals surface area contributed by atoms with Crippen LogP contribution in [-0.4, -0.2) is 41.1 Å². The Hall–Kier alpha value is -1.80. The first kappa shape index (κ1) is 18.0. The Balaban J connectivity index is 1.57. The molecule has 0 radical (unpaired) electrons. The largest absolute Gasteiger partial charge is 0.373 e. The second-order valence-electron chi connectivity index (χ2n) is 6.47. The van der Waals surface area contributed by atoms with E-state index in [-0.39, 0.29) is 18.1 Å². The second-order valence-corrected chi connectivity index (χ2v) is 7.33. The maximum atomic E-state index is 12.3. The Kier molecular flexibility index (Phi) is 5.80. The molecule has 134 valence electrons. The van der Waals surface area contributed by atoms with Crippen LogP contribution in [0.5, 0.6) is 0 Å². The van der Waals surface area contributed by atoms with Crippen LogP contribution in [0.3, 0.4) is 0 Å². The highest BCUT2D eigenvalue weighted by Crippen LogP contribution is 2.20. The summed E-state index contributed by atoms with van der Waals surface area (Å²) in [6.45, 7) is 6.71. The standard InChI is InChI=1S/C18H24N4O2S/c1-12-8-22(9-13(2)24-12)10-15-11-25-18(20-15)21-17(23)16(19)14-6-4-3-5-7-14/h3-7,11-13,16H,8-10,19H2,1-2H3,(H,20,21,23). The predicted molar refractivity (Wildman–Crippen MR) is 99.4 cm³/mol. The molecule has 0 aliphatic carbocycles. The lowest BCUT2D eigenvalue weighted by Gasteiger charge is -2.34. The van der Waals surface area contributed by atoms with Crippen molar-refractivity contribution in [3.05, 3.63) is 47.0 Å². The van der Waals surface area contributed by atoms with E-state index in [0.29, 0.717) is 5.13 Å². The molecule has 0 bridgehead atoms. The number of hydrogen-bond donors (Lipinski definition) is 2. The first-order valence-corrected chi connectivity index (χ1v) is 9.33. The lowest BCUT2D eigenvalue weighted by Crippen LogP contribution is -2.44. The van der Waals surface area contributed by atoms with Gasteiger partial charge in [0.1, 0.15) is 6.04 Å². The van der Waals surface area contributed by atoms with Gasteiger partial charge in [-0.05, 0) is 19.4 Å². The van der Waals surface area contributed by atoms with Gasteiger partial charge in [0, 0.05) is 25.0 Å². The van der Waals surface area contributed by atoms with E-state index in [4.69, 9.17) is 10.5 Å². The highest BCUT2D eigenvalue weighted by atomic mass is 32.1. The van der Waals surface area contributed by atoms with Crippen LogP contribution in [0.2, 0.25) is 0 Å². The van der Waals surface area contributed by atoms with Crippen molar-refractivity contribution in [1.82, 2.24) is 9.88 Å². The smallest absolute Gasteiger partial charge is 0.247 e. The lowest BCUT2D eigenvalue weighted by molar-refractivity contribution is -0.117. The van der Waals surface area contributed by atoms with Gasteiger partial charge < -0.3 is 15.8 Å². The van der Waals surface area contributed by atoms with Crippen LogP contribution < -0.4 is 11.1 Å². The molecular formula is C18H24N4O2S. The van der Waals surface area contributed by atoms with Crippen LogP contribution in [0.25, 0.3) is 0 Å². The molecule has 0 saturated carbocycles. The first-order valence-electron chi connectivity index (χ1n) is 8.45. The second kappa shape index (κ2) is 8.05. The molecule has 3 rings (SSSR count). The van der Waals surface area contributed by atoms with Gasteiger partial charge in [0.05, 0.1) is 17.9 Å². The fourth-order valence-electron chi connectivity index (χ4n) is 3.07. The summed E-state index contributed by atoms with van der Waals surface area (Å²) in [5.41, 5.74) is 7.75. The summed E-state index contributed by atoms with van der Waals surface area (Å²) >= 11 is 1.42. The minimum Gasteiger partial charge on any atom is -0.373 e. The van der Waals surface area contributed by atoms with Gasteiger partial charge in [-0.1, -0.05) is 30.3 Å². The van der Waals surface area contributed by atoms with Crippen molar-refractivity contribution in [2.24, 2.45) is 5.73 Å². The summed E-state index contributed by atoms with van der Waals surface area (Å²) in [6, 6.07) is 8.63. The summed E-state index contributed by atoms with van der Waals surface area (Å²) in [5, 5.41) is 5.38. The molecule has 1 aromatic heterocycles. The van der Waals surface area contributed by atoms with Crippen molar-refractivity contribution in [2.75, 3.05) is 18.4 Å². The highest BCUT2D eigenvalue weighted by molar-refractivity contribution is 7.13. The molecule has 6 nitrogen and oxygen atoms in total. The summed E-state index contributed by atoms with van der Waals surface area (Å²) in [5.74, 6) is -0.249. The number of anilines is 1. The molecule has 3 atom stereocenters. The number of ether oxygens (including phenoxy) is 1. The fraction of sp³-hybridized carbons (Fsp3) is 0.444. The van der Waals surface area contributed by atoms with E-state index in [0.717, 1.165) is 30.9 Å². The molecule has 1 aromatic carbocycles. The van der Waals surface area contributed by atoms with E-state index >= 15 is 0 Å². The Morgan fingerprint density at radius 2 is 2.04 bits per heavy atom. The van der Waals surface area contributed by atoms with Gasteiger partial charge in [0.15, 0.2) is 5.13 Å². The Bertz CT molecular complexity index is 696. The molecule has 1 amide bonds. The molecule has 3 unspecified atom stereocenters. The van der Waals surface area contributed by atoms with Gasteiger partial charge in [-0.2, -0.15) is 0 Å². The van der Waals surface area contributed by atoms with Crippen molar-refractivity contribution in [1.29, 1.82) is 0 Å². The first-order chi connectivity index (χ1) is 12.0. The summed E-state index contributed by atoms with van der Waals surface area (Å²) in [4.78, 5) is 19.1. The van der Waals surface area contributed by atoms with Gasteiger partial charge >= 0.3 is 0 Å². The molecule has 7 heteroatoms. The van der Waals surface area contributed by atoms with E-state index in [1.165, 1.54) is 11.3 Å². The lowest BCUT2D eigenvalue weighted by atomic mass is 10.1. The molecule has 1 saturated heterocycles. The van der Waals surface area contributed by atoms with Gasteiger partial charge in [0.2, 0.25) is 5.91 Å². The van der Waals surface area contributed by atoms with E-state index in [2.05, 4.69) is 29.0 Å². The maximum Gasteiger partial charge on any atom is 0.247 e. The highest BCUT2D eigenvalue weighted by Gasteiger charge is 2.23. The molecular weight excluding hydrogens is 336 g/mol. The third-order valence-electron chi connectivity index (χ3n) is 4.10. The third-order valence-corrected chi connectivity index (χ3v) is 4.91. The van der Waals surface area contributed by atoms with Gasteiger partial charge in [-0.3, -0.25) is 9.69 Å². The quantitative estimate of drug-likeness (QED) is 0.856. The van der Waals surface area contributed by atoms with E-state index in [9.17, 15) is 4.79 Å². The predicted octanol–water partition coefficient (Wildman–Crippen LogP) is 2.39. The van der Waals surface area contributed by atoms with Crippen molar-refractivity contribution >= 4 is 22.4 Å². The Morgan fingerprint density at radius 1 is 1.36 bits per heavy atom. The van der Waals surface area contributed by atoms with E-state index < -0.39 is 6.04 Å². The van der Waals surface area contributed by atoms with Crippen LogP contribution in [0.15, 0.2) is 35.7 Å². The molecule has 2 aromatic rings. The van der Waals surface area contributed by atoms with Gasteiger partial charge in [-0.25, -0.2) is 4.98 Å². The average Bonchev–Trinajstić information content (AvgIpc) is 3.00. The number of carbonyl (C=O) groups is 1. The molecule has 2 heterocycles. The van der Waals surface area contributed by atoms with Crippen molar-refractivity contribution in [3.8, 4) is 0 Å². The van der Waals surface area contributed by atoms with Crippen LogP contribution >= 0.6 is 11.3 Å². The number of carbonyl (C=O) groups excluding carboxylic acids is 1. The number of thiazole rings is 1. The molecule has 25 heavy (non-hydrogen) atoms. The maximum absolute atomic E-state index is 12.3. The third kappa shape index (κ3) is 4.85. The number of morpholine rings is 1. The molecule has 3 N–H and O–H groups in total. The van der Waals surface area contributed by atoms with E-state index in [1.807, 2.05) is 35.7 Å². The van der Waals surface area contributed by atoms with Gasteiger partial charge in [0.25, 0.3) is 0 Å². The number of benzene rings is 1. The molecule has 1 aliphatic heterocycles. The summed E-state index contributed by atoms with van der Waals surface area (Å²) in [7, 11) is 0. The van der Waals surface area contributed by atoms with E-state index in [1.54, 1.807) is 0 Å². The fourth-order valence-corrected chi connectivity index (χ4v) is 3.78. The number of rotatable bonds is 5. The molecule has 1 aliphatic rings. The van der Waals surface area contributed by atoms with Crippen LogP contribution in [0.4, 0.5) is 5.13 Å². The van der Waals surface area contributed by atoms with Crippen LogP contribution in [0, 0.1) is 0 Å². The number of hydrogen-bond acceptors (Lipinski definition) is 6. The minimum absolute atomic E-state index is 0.227. The molecule has 0 spiro atoms. The minimum atomic E-state index is -0.700. The zero-order chi connectivity index (χ0) is 17.8. The van der Waals surface area contributed by atoms with Crippen molar-refractivity contribution in [3.63, 3.8) is 0 Å². The van der Waals surface area contributed by atoms with Crippen molar-refractivity contribution < 1.29 is 9.53 Å². The summed E-state index contributed by atoms with van der Waals surface area (Å²) in [6.07, 6.45) is 0.454. The van der Waals surface area contributed by atoms with Crippen LogP contribution in [-0.2, 0) is 16.1 Å². The number of aromatic nitrogens is 1. The van der Waals surface area contributed by atoms with Gasteiger partial charge in [-0.15, -0.1) is 11.3 Å². The Labute approximate surface area is 152 Å². The monoisotopic (exact) mass is 360 g/mol. The number of nitrogens with zero attached hydrogens (tertiary/aromatic N) is 2. The number of nitrogens with one attached hydrogen (secondary N) is 1. The SMILES string of the molecule is CC1CN(Cc2csc(NC(=O)C(N)c3ccccc3)n2)CC(C)O1. The number of nitrogens with two attached hydrogens (primary N) is 1. The zero-order valence-corrected chi connectivity index (χ0v) is 15.3. The summed E-state index contributed by atoms with van der Waals surface area (Å²) < 4.78 is 5.75. The number of amides is 1. The Morgan fingerprint density at radius 3 is 2.72 bits per heavy atom. The normalized spacial score (nSPS) is 22.5. The zero-order valence-electron chi connectivity index (χ0n) is 14.5.